The van der Waals surface area contributed by atoms with Crippen molar-refractivity contribution < 1.29 is 4.74 Å². The number of aryl methyl sites for hydroxylation is 1. The second kappa shape index (κ2) is 5.78. The van der Waals surface area contributed by atoms with Gasteiger partial charge in [0.2, 0.25) is 0 Å². The van der Waals surface area contributed by atoms with E-state index in [9.17, 15) is 0 Å². The Hall–Kier alpha value is -1.68. The Morgan fingerprint density at radius 3 is 2.61 bits per heavy atom. The van der Waals surface area contributed by atoms with Gasteiger partial charge in [0.1, 0.15) is 6.33 Å². The molecule has 0 amide bonds. The maximum Gasteiger partial charge on any atom is 0.158 e. The largest absolute Gasteiger partial charge is 0.377 e. The van der Waals surface area contributed by atoms with Crippen LogP contribution in [0.4, 0.5) is 0 Å². The van der Waals surface area contributed by atoms with Crippen molar-refractivity contribution in [1.29, 1.82) is 0 Å². The van der Waals surface area contributed by atoms with Crippen molar-refractivity contribution in [3.8, 4) is 11.4 Å². The Morgan fingerprint density at radius 1 is 1.28 bits per heavy atom. The molecule has 1 atom stereocenters. The highest BCUT2D eigenvalue weighted by Gasteiger charge is 2.08. The van der Waals surface area contributed by atoms with Crippen LogP contribution in [0.1, 0.15) is 31.9 Å². The lowest BCUT2D eigenvalue weighted by atomic mass is 10.1. The summed E-state index contributed by atoms with van der Waals surface area (Å²) in [6.45, 7) is 5.06. The number of rotatable bonds is 5. The first-order valence-electron chi connectivity index (χ1n) is 6.27. The third-order valence-corrected chi connectivity index (χ3v) is 3.04. The van der Waals surface area contributed by atoms with Gasteiger partial charge in [-0.2, -0.15) is 5.10 Å². The number of aromatic nitrogens is 3. The molecule has 4 nitrogen and oxygen atoms in total. The van der Waals surface area contributed by atoms with Gasteiger partial charge in [-0.1, -0.05) is 31.2 Å². The number of hydrogen-bond donors (Lipinski definition) is 0. The van der Waals surface area contributed by atoms with E-state index in [1.54, 1.807) is 13.4 Å². The van der Waals surface area contributed by atoms with Crippen LogP contribution >= 0.6 is 0 Å². The first kappa shape index (κ1) is 12.8. The summed E-state index contributed by atoms with van der Waals surface area (Å²) in [4.78, 5) is 4.32. The van der Waals surface area contributed by atoms with Crippen LogP contribution in [0.5, 0.6) is 0 Å². The van der Waals surface area contributed by atoms with Crippen LogP contribution in [-0.2, 0) is 11.3 Å². The van der Waals surface area contributed by atoms with Gasteiger partial charge in [-0.05, 0) is 18.9 Å². The number of nitrogens with zero attached hydrogens (tertiary/aromatic N) is 3. The SMILES string of the molecule is CCCn1ncnc1-c1ccc([C@H](C)OC)cc1. The molecule has 0 radical (unpaired) electrons. The molecule has 0 aliphatic carbocycles. The molecule has 0 N–H and O–H groups in total. The van der Waals surface area contributed by atoms with Gasteiger partial charge in [-0.15, -0.1) is 0 Å². The van der Waals surface area contributed by atoms with Crippen LogP contribution in [0, 0.1) is 0 Å². The molecule has 0 aliphatic rings. The summed E-state index contributed by atoms with van der Waals surface area (Å²) in [6, 6.07) is 8.30. The second-order valence-electron chi connectivity index (χ2n) is 4.31. The van der Waals surface area contributed by atoms with Crippen molar-refractivity contribution in [2.45, 2.75) is 32.9 Å². The molecule has 0 unspecified atom stereocenters. The predicted molar refractivity (Wildman–Crippen MR) is 71.2 cm³/mol. The van der Waals surface area contributed by atoms with E-state index in [0.717, 1.165) is 24.4 Å². The molecule has 0 fully saturated rings. The highest BCUT2D eigenvalue weighted by Crippen LogP contribution is 2.21. The maximum atomic E-state index is 5.30. The van der Waals surface area contributed by atoms with Crippen LogP contribution < -0.4 is 0 Å². The van der Waals surface area contributed by atoms with E-state index in [1.807, 2.05) is 11.6 Å². The number of hydrogen-bond acceptors (Lipinski definition) is 3. The van der Waals surface area contributed by atoms with Gasteiger partial charge in [0, 0.05) is 19.2 Å². The fourth-order valence-corrected chi connectivity index (χ4v) is 1.90. The fraction of sp³-hybridized carbons (Fsp3) is 0.429. The third kappa shape index (κ3) is 2.59. The van der Waals surface area contributed by atoms with Crippen molar-refractivity contribution in [2.24, 2.45) is 0 Å². The molecule has 0 bridgehead atoms. The molecule has 2 rings (SSSR count). The highest BCUT2D eigenvalue weighted by molar-refractivity contribution is 5.55. The summed E-state index contributed by atoms with van der Waals surface area (Å²) >= 11 is 0. The Balaban J connectivity index is 2.26. The van der Waals surface area contributed by atoms with Gasteiger partial charge >= 0.3 is 0 Å². The van der Waals surface area contributed by atoms with Crippen LogP contribution in [-0.4, -0.2) is 21.9 Å². The summed E-state index contributed by atoms with van der Waals surface area (Å²) < 4.78 is 7.24. The van der Waals surface area contributed by atoms with E-state index in [4.69, 9.17) is 4.74 Å². The van der Waals surface area contributed by atoms with E-state index in [-0.39, 0.29) is 6.10 Å². The molecule has 96 valence electrons. The lowest BCUT2D eigenvalue weighted by molar-refractivity contribution is 0.119. The van der Waals surface area contributed by atoms with Crippen molar-refractivity contribution in [1.82, 2.24) is 14.8 Å². The molecule has 0 saturated heterocycles. The van der Waals surface area contributed by atoms with E-state index in [1.165, 1.54) is 5.56 Å². The topological polar surface area (TPSA) is 39.9 Å². The van der Waals surface area contributed by atoms with Gasteiger partial charge in [-0.3, -0.25) is 0 Å². The predicted octanol–water partition coefficient (Wildman–Crippen LogP) is 3.06. The average Bonchev–Trinajstić information content (AvgIpc) is 2.87. The molecular weight excluding hydrogens is 226 g/mol. The zero-order valence-corrected chi connectivity index (χ0v) is 11.1. The molecule has 1 aromatic carbocycles. The van der Waals surface area contributed by atoms with E-state index >= 15 is 0 Å². The minimum atomic E-state index is 0.118. The van der Waals surface area contributed by atoms with E-state index < -0.39 is 0 Å². The molecule has 0 spiro atoms. The fourth-order valence-electron chi connectivity index (χ4n) is 1.90. The van der Waals surface area contributed by atoms with Crippen LogP contribution in [0.3, 0.4) is 0 Å². The Kier molecular flexibility index (Phi) is 4.10. The van der Waals surface area contributed by atoms with Crippen molar-refractivity contribution >= 4 is 0 Å². The maximum absolute atomic E-state index is 5.30. The lowest BCUT2D eigenvalue weighted by Crippen LogP contribution is -2.02. The van der Waals surface area contributed by atoms with Gasteiger partial charge < -0.3 is 4.74 Å². The summed E-state index contributed by atoms with van der Waals surface area (Å²) in [5.41, 5.74) is 2.26. The van der Waals surface area contributed by atoms with Gasteiger partial charge in [0.25, 0.3) is 0 Å². The summed E-state index contributed by atoms with van der Waals surface area (Å²) in [6.07, 6.45) is 2.78. The van der Waals surface area contributed by atoms with E-state index in [2.05, 4.69) is 41.3 Å². The zero-order chi connectivity index (χ0) is 13.0. The molecule has 2 aromatic rings. The molecular formula is C14H19N3O. The van der Waals surface area contributed by atoms with Crippen LogP contribution in [0.2, 0.25) is 0 Å². The molecule has 18 heavy (non-hydrogen) atoms. The minimum Gasteiger partial charge on any atom is -0.377 e. The first-order chi connectivity index (χ1) is 8.76. The van der Waals surface area contributed by atoms with E-state index in [0.29, 0.717) is 0 Å². The van der Waals surface area contributed by atoms with Crippen LogP contribution in [0.25, 0.3) is 11.4 Å². The molecule has 1 aromatic heterocycles. The summed E-state index contributed by atoms with van der Waals surface area (Å²) in [7, 11) is 1.72. The van der Waals surface area contributed by atoms with Gasteiger partial charge in [-0.25, -0.2) is 9.67 Å². The zero-order valence-electron chi connectivity index (χ0n) is 11.1. The smallest absolute Gasteiger partial charge is 0.158 e. The molecule has 0 saturated carbocycles. The summed E-state index contributed by atoms with van der Waals surface area (Å²) in [5, 5.41) is 4.24. The average molecular weight is 245 g/mol. The minimum absolute atomic E-state index is 0.118. The van der Waals surface area contributed by atoms with Gasteiger partial charge in [0.15, 0.2) is 5.82 Å². The molecule has 0 aliphatic heterocycles. The quantitative estimate of drug-likeness (QED) is 0.812. The first-order valence-corrected chi connectivity index (χ1v) is 6.27. The van der Waals surface area contributed by atoms with Crippen molar-refractivity contribution in [3.05, 3.63) is 36.2 Å². The van der Waals surface area contributed by atoms with Crippen LogP contribution in [0.15, 0.2) is 30.6 Å². The lowest BCUT2D eigenvalue weighted by Gasteiger charge is -2.10. The normalized spacial score (nSPS) is 12.6. The standard InChI is InChI=1S/C14H19N3O/c1-4-9-17-14(15-10-16-17)13-7-5-12(6-8-13)11(2)18-3/h5-8,10-11H,4,9H2,1-3H3/t11-/m0/s1. The Bertz CT molecular complexity index is 490. The monoisotopic (exact) mass is 245 g/mol. The number of ether oxygens (including phenoxy) is 1. The number of methoxy groups -OCH3 is 1. The molecule has 1 heterocycles. The Labute approximate surface area is 108 Å². The highest BCUT2D eigenvalue weighted by atomic mass is 16.5. The number of benzene rings is 1. The summed E-state index contributed by atoms with van der Waals surface area (Å²) in [5.74, 6) is 0.925. The Morgan fingerprint density at radius 2 is 2.00 bits per heavy atom. The molecule has 4 heteroatoms. The second-order valence-corrected chi connectivity index (χ2v) is 4.31. The third-order valence-electron chi connectivity index (χ3n) is 3.04. The van der Waals surface area contributed by atoms with Gasteiger partial charge in [0.05, 0.1) is 6.10 Å². The van der Waals surface area contributed by atoms with Crippen molar-refractivity contribution in [3.63, 3.8) is 0 Å². The van der Waals surface area contributed by atoms with Crippen molar-refractivity contribution in [2.75, 3.05) is 7.11 Å².